The van der Waals surface area contributed by atoms with Crippen molar-refractivity contribution < 1.29 is 15.3 Å². The zero-order chi connectivity index (χ0) is 6.78. The third-order valence-corrected chi connectivity index (χ3v) is 0.319. The van der Waals surface area contributed by atoms with Crippen LogP contribution in [0.5, 0.6) is 0 Å². The van der Waals surface area contributed by atoms with Crippen molar-refractivity contribution in [3.63, 3.8) is 0 Å². The summed E-state index contributed by atoms with van der Waals surface area (Å²) in [6.45, 7) is 0. The van der Waals surface area contributed by atoms with Crippen LogP contribution >= 0.6 is 0 Å². The highest BCUT2D eigenvalue weighted by molar-refractivity contribution is 4.02. The van der Waals surface area contributed by atoms with Gasteiger partial charge in [0.15, 0.2) is 0 Å². The van der Waals surface area contributed by atoms with Crippen LogP contribution in [0.4, 0.5) is 0 Å². The van der Waals surface area contributed by atoms with Gasteiger partial charge in [0.25, 0.3) is 5.29 Å². The number of nitroso groups, excluding NO2 is 1. The van der Waals surface area contributed by atoms with Crippen molar-refractivity contribution in [1.29, 1.82) is 0 Å². The maximum atomic E-state index is 9.49. The first-order valence-corrected chi connectivity index (χ1v) is 1.33. The van der Waals surface area contributed by atoms with Gasteiger partial charge in [0.05, 0.1) is 0 Å². The van der Waals surface area contributed by atoms with E-state index in [1.807, 2.05) is 0 Å². The Labute approximate surface area is 42.1 Å². The van der Waals surface area contributed by atoms with Gasteiger partial charge in [-0.1, -0.05) is 4.91 Å². The fourth-order valence-electron chi connectivity index (χ4n) is 0.0298. The molecule has 0 radical (unpaired) electrons. The highest BCUT2D eigenvalue weighted by Crippen LogP contribution is 1.96. The molecule has 8 nitrogen and oxygen atoms in total. The van der Waals surface area contributed by atoms with Crippen molar-refractivity contribution >= 4 is 0 Å². The molecule has 0 aliphatic carbocycles. The lowest BCUT2D eigenvalue weighted by atomic mass is 12.2. The molecule has 8 heavy (non-hydrogen) atoms. The van der Waals surface area contributed by atoms with Gasteiger partial charge in [-0.25, -0.2) is 10.1 Å². The molecule has 0 aromatic rings. The van der Waals surface area contributed by atoms with E-state index in [1.165, 1.54) is 5.29 Å². The van der Waals surface area contributed by atoms with Crippen LogP contribution < -0.4 is 0 Å². The van der Waals surface area contributed by atoms with E-state index >= 15 is 0 Å². The van der Waals surface area contributed by atoms with Crippen molar-refractivity contribution in [1.82, 2.24) is 0 Å². The Hall–Kier alpha value is -1.12. The van der Waals surface area contributed by atoms with E-state index in [1.54, 1.807) is 0 Å². The van der Waals surface area contributed by atoms with Gasteiger partial charge in [-0.15, -0.1) is 5.21 Å². The number of nitrogens with zero attached hydrogens (tertiary/aromatic N) is 3. The molecular formula is HN3O5. The molecule has 0 saturated carbocycles. The summed E-state index contributed by atoms with van der Waals surface area (Å²) in [4.78, 5) is 18.2. The molecule has 0 saturated heterocycles. The van der Waals surface area contributed by atoms with Crippen LogP contribution in [0.15, 0.2) is 5.29 Å². The molecule has 0 rings (SSSR count). The van der Waals surface area contributed by atoms with Gasteiger partial charge in [0.1, 0.15) is 0 Å². The molecule has 8 heteroatoms. The van der Waals surface area contributed by atoms with Crippen molar-refractivity contribution in [3.8, 4) is 0 Å². The van der Waals surface area contributed by atoms with E-state index in [0.29, 0.717) is 0 Å². The third-order valence-electron chi connectivity index (χ3n) is 0.319. The lowest BCUT2D eigenvalue weighted by Crippen LogP contribution is -2.37. The van der Waals surface area contributed by atoms with Crippen LogP contribution in [-0.2, 0) is 0 Å². The van der Waals surface area contributed by atoms with Gasteiger partial charge >= 0.3 is 5.03 Å². The lowest BCUT2D eigenvalue weighted by molar-refractivity contribution is -1.40. The normalized spacial score (nSPS) is 16.8. The second-order valence-electron chi connectivity index (χ2n) is 0.833. The average molecular weight is 123 g/mol. The van der Waals surface area contributed by atoms with Gasteiger partial charge < -0.3 is 5.21 Å². The van der Waals surface area contributed by atoms with E-state index in [-0.39, 0.29) is 0 Å². The summed E-state index contributed by atoms with van der Waals surface area (Å²) in [5.41, 5.74) is 0. The Morgan fingerprint density at radius 3 is 2.12 bits per heavy atom. The highest BCUT2D eigenvalue weighted by Gasteiger charge is 2.29. The van der Waals surface area contributed by atoms with Gasteiger partial charge in [0, 0.05) is 0 Å². The predicted molar refractivity (Wildman–Crippen MR) is 18.2 cm³/mol. The minimum absolute atomic E-state index is 1.21. The number of hydrogen-bond acceptors (Lipinski definition) is 6. The zero-order valence-electron chi connectivity index (χ0n) is 3.42. The monoisotopic (exact) mass is 123 g/mol. The van der Waals surface area contributed by atoms with Crippen molar-refractivity contribution in [2.24, 2.45) is 5.29 Å². The van der Waals surface area contributed by atoms with E-state index in [0.717, 1.165) is 0 Å². The number of nitro groups is 1. The number of quaternary nitrogens is 1. The molecule has 0 fully saturated rings. The van der Waals surface area contributed by atoms with Crippen LogP contribution in [0.25, 0.3) is 0 Å². The Bertz CT molecular complexity index is 115. The summed E-state index contributed by atoms with van der Waals surface area (Å²) in [7, 11) is 0. The van der Waals surface area contributed by atoms with Gasteiger partial charge in [-0.05, 0) is 0 Å². The highest BCUT2D eigenvalue weighted by atomic mass is 17.0. The molecule has 0 heterocycles. The Kier molecular flexibility index (Phi) is 1.53. The molecule has 0 aliphatic rings. The standard InChI is InChI=1S/HN3O5/c4-1-3(7,8)2(5)6/h7H. The molecule has 0 bridgehead atoms. The summed E-state index contributed by atoms with van der Waals surface area (Å²) >= 11 is 0. The number of hydrogen-bond donors (Lipinski definition) is 1. The maximum absolute atomic E-state index is 9.49. The predicted octanol–water partition coefficient (Wildman–Crippen LogP) is -0.437. The second kappa shape index (κ2) is 1.78. The minimum Gasteiger partial charge on any atom is -0.501 e. The van der Waals surface area contributed by atoms with E-state index in [4.69, 9.17) is 10.1 Å². The van der Waals surface area contributed by atoms with Crippen molar-refractivity contribution in [3.05, 3.63) is 20.2 Å². The van der Waals surface area contributed by atoms with Crippen LogP contribution in [-0.4, -0.2) is 15.3 Å². The Morgan fingerprint density at radius 2 is 2.12 bits per heavy atom. The van der Waals surface area contributed by atoms with Crippen LogP contribution in [0.1, 0.15) is 0 Å². The molecule has 1 N–H and O–H groups in total. The molecule has 0 aromatic heterocycles. The third kappa shape index (κ3) is 1.18. The molecular weight excluding hydrogens is 122 g/mol. The first kappa shape index (κ1) is 6.88. The van der Waals surface area contributed by atoms with Crippen molar-refractivity contribution in [2.75, 3.05) is 0 Å². The molecule has 0 aliphatic heterocycles. The summed E-state index contributed by atoms with van der Waals surface area (Å²) in [6.07, 6.45) is 0. The lowest BCUT2D eigenvalue weighted by Gasteiger charge is -2.05. The van der Waals surface area contributed by atoms with Gasteiger partial charge in [-0.3, -0.25) is 0 Å². The van der Waals surface area contributed by atoms with E-state index < -0.39 is 10.1 Å². The average Bonchev–Trinajstić information content (AvgIpc) is 1.67. The van der Waals surface area contributed by atoms with E-state index in [2.05, 4.69) is 0 Å². The summed E-state index contributed by atoms with van der Waals surface area (Å²) in [5.74, 6) is 0. The molecule has 1 atom stereocenters. The topological polar surface area (TPSA) is 116 Å². The summed E-state index contributed by atoms with van der Waals surface area (Å²) in [5, 5.41) is 22.3. The fourth-order valence-corrected chi connectivity index (χ4v) is 0.0298. The molecule has 0 spiro atoms. The van der Waals surface area contributed by atoms with Crippen molar-refractivity contribution in [2.45, 2.75) is 0 Å². The Balaban J connectivity index is 4.12. The van der Waals surface area contributed by atoms with Gasteiger partial charge in [-0.2, -0.15) is 0 Å². The largest absolute Gasteiger partial charge is 0.501 e. The van der Waals surface area contributed by atoms with E-state index in [9.17, 15) is 15.3 Å². The first-order chi connectivity index (χ1) is 3.50. The second-order valence-corrected chi connectivity index (χ2v) is 0.833. The van der Waals surface area contributed by atoms with Crippen LogP contribution in [0.2, 0.25) is 0 Å². The van der Waals surface area contributed by atoms with Gasteiger partial charge in [0.2, 0.25) is 5.03 Å². The smallest absolute Gasteiger partial charge is 0.308 e. The SMILES string of the molecule is O=N[N+]([O-])(O)[N+](=O)[O-]. The van der Waals surface area contributed by atoms with Crippen LogP contribution in [0, 0.1) is 20.2 Å². The quantitative estimate of drug-likeness (QED) is 0.231. The Morgan fingerprint density at radius 1 is 1.75 bits per heavy atom. The molecule has 46 valence electrons. The summed E-state index contributed by atoms with van der Waals surface area (Å²) < 4.78 is 0. The first-order valence-electron chi connectivity index (χ1n) is 1.33. The molecule has 0 aromatic carbocycles. The minimum atomic E-state index is -3.33. The fraction of sp³-hybridized carbons (Fsp3) is 0. The maximum Gasteiger partial charge on any atom is 0.308 e. The number of rotatable bonds is 2. The zero-order valence-corrected chi connectivity index (χ0v) is 3.42. The summed E-state index contributed by atoms with van der Waals surface area (Å²) in [6, 6.07) is 0. The van der Waals surface area contributed by atoms with Crippen LogP contribution in [0.3, 0.4) is 0 Å². The molecule has 1 unspecified atom stereocenters. The molecule has 0 amide bonds.